The minimum atomic E-state index is -0.366. The van der Waals surface area contributed by atoms with Gasteiger partial charge < -0.3 is 9.92 Å². The number of anilines is 1. The van der Waals surface area contributed by atoms with Gasteiger partial charge in [0.1, 0.15) is 5.82 Å². The first kappa shape index (κ1) is 22.7. The lowest BCUT2D eigenvalue weighted by Gasteiger charge is -2.22. The maximum Gasteiger partial charge on any atom is 0.305 e. The Balaban J connectivity index is 1.51. The van der Waals surface area contributed by atoms with Gasteiger partial charge in [-0.3, -0.25) is 9.78 Å². The van der Waals surface area contributed by atoms with Crippen molar-refractivity contribution in [1.82, 2.24) is 9.97 Å². The number of amides is 1. The highest BCUT2D eigenvalue weighted by atomic mass is 32.2. The Kier molecular flexibility index (Phi) is 7.49. The van der Waals surface area contributed by atoms with Crippen molar-refractivity contribution in [2.45, 2.75) is 17.3 Å². The second kappa shape index (κ2) is 10.9. The second-order valence-electron chi connectivity index (χ2n) is 7.29. The van der Waals surface area contributed by atoms with Gasteiger partial charge in [0.2, 0.25) is 0 Å². The average Bonchev–Trinajstić information content (AvgIpc) is 2.87. The number of thioether (sulfide) groups is 1. The van der Waals surface area contributed by atoms with Crippen LogP contribution in [0.4, 0.5) is 10.1 Å². The number of nitrogens with zero attached hydrogens (tertiary/aromatic N) is 3. The number of rotatable bonds is 8. The number of carbonyl (C=O) groups excluding carboxylic acids is 1. The van der Waals surface area contributed by atoms with Gasteiger partial charge in [0.15, 0.2) is 0 Å². The summed E-state index contributed by atoms with van der Waals surface area (Å²) in [5, 5.41) is 10.3. The van der Waals surface area contributed by atoms with E-state index in [4.69, 9.17) is 0 Å². The number of aromatic nitrogens is 2. The topological polar surface area (TPSA) is 66.3 Å². The SMILES string of the molecule is O=C(c1ccc(SCc2ccccc2BO)nc1)N(Cc1ccccn1)c1ccc(F)cc1. The highest BCUT2D eigenvalue weighted by molar-refractivity contribution is 7.98. The molecule has 33 heavy (non-hydrogen) atoms. The van der Waals surface area contributed by atoms with Crippen LogP contribution >= 0.6 is 11.8 Å². The molecule has 0 aliphatic carbocycles. The van der Waals surface area contributed by atoms with Gasteiger partial charge >= 0.3 is 7.48 Å². The van der Waals surface area contributed by atoms with E-state index < -0.39 is 0 Å². The number of pyridine rings is 2. The molecule has 2 aromatic heterocycles. The molecule has 1 amide bonds. The lowest BCUT2D eigenvalue weighted by molar-refractivity contribution is 0.0984. The average molecular weight is 457 g/mol. The van der Waals surface area contributed by atoms with Crippen molar-refractivity contribution in [2.75, 3.05) is 4.90 Å². The Morgan fingerprint density at radius 2 is 1.76 bits per heavy atom. The standard InChI is InChI=1S/C25H21BFN3O2S/c27-20-9-11-22(12-10-20)30(16-21-6-3-4-14-28-21)25(31)18-8-13-24(29-15-18)33-17-19-5-1-2-7-23(19)26-32/h1-15,26,32H,16-17H2. The van der Waals surface area contributed by atoms with E-state index in [1.165, 1.54) is 23.9 Å². The van der Waals surface area contributed by atoms with E-state index in [2.05, 4.69) is 9.97 Å². The Bertz CT molecular complexity index is 1210. The summed E-state index contributed by atoms with van der Waals surface area (Å²) in [6.07, 6.45) is 3.22. The first-order valence-corrected chi connectivity index (χ1v) is 11.4. The second-order valence-corrected chi connectivity index (χ2v) is 8.29. The number of hydrogen-bond donors (Lipinski definition) is 1. The highest BCUT2D eigenvalue weighted by Crippen LogP contribution is 2.23. The summed E-state index contributed by atoms with van der Waals surface area (Å²) in [5.41, 5.74) is 3.66. The zero-order chi connectivity index (χ0) is 23.0. The minimum Gasteiger partial charge on any atom is -0.449 e. The zero-order valence-electron chi connectivity index (χ0n) is 17.8. The van der Waals surface area contributed by atoms with Crippen molar-refractivity contribution >= 4 is 36.3 Å². The number of carbonyl (C=O) groups is 1. The largest absolute Gasteiger partial charge is 0.449 e. The summed E-state index contributed by atoms with van der Waals surface area (Å²) < 4.78 is 13.4. The van der Waals surface area contributed by atoms with Crippen molar-refractivity contribution < 1.29 is 14.2 Å². The molecule has 0 saturated carbocycles. The van der Waals surface area contributed by atoms with Crippen molar-refractivity contribution in [2.24, 2.45) is 0 Å². The van der Waals surface area contributed by atoms with E-state index in [1.54, 1.807) is 35.5 Å². The Morgan fingerprint density at radius 3 is 2.45 bits per heavy atom. The molecular weight excluding hydrogens is 436 g/mol. The van der Waals surface area contributed by atoms with Gasteiger partial charge in [-0.05, 0) is 59.6 Å². The molecule has 0 aliphatic rings. The predicted octanol–water partition coefficient (Wildman–Crippen LogP) is 3.72. The van der Waals surface area contributed by atoms with Crippen LogP contribution in [0.2, 0.25) is 0 Å². The molecule has 4 rings (SSSR count). The molecule has 2 aromatic carbocycles. The molecular formula is C25H21BFN3O2S. The Morgan fingerprint density at radius 1 is 0.970 bits per heavy atom. The molecule has 0 fully saturated rings. The molecule has 164 valence electrons. The van der Waals surface area contributed by atoms with Crippen LogP contribution in [0.1, 0.15) is 21.6 Å². The summed E-state index contributed by atoms with van der Waals surface area (Å²) in [5.74, 6) is 0.0510. The molecule has 8 heteroatoms. The van der Waals surface area contributed by atoms with Crippen molar-refractivity contribution in [3.8, 4) is 0 Å². The van der Waals surface area contributed by atoms with Crippen molar-refractivity contribution in [1.29, 1.82) is 0 Å². The van der Waals surface area contributed by atoms with Gasteiger partial charge in [0.05, 0.1) is 22.8 Å². The monoisotopic (exact) mass is 457 g/mol. The normalized spacial score (nSPS) is 10.6. The van der Waals surface area contributed by atoms with E-state index in [-0.39, 0.29) is 25.8 Å². The first-order valence-electron chi connectivity index (χ1n) is 10.4. The lowest BCUT2D eigenvalue weighted by Crippen LogP contribution is -2.30. The van der Waals surface area contributed by atoms with Crippen molar-refractivity contribution in [3.63, 3.8) is 0 Å². The molecule has 0 spiro atoms. The fraction of sp³-hybridized carbons (Fsp3) is 0.0800. The molecule has 1 N–H and O–H groups in total. The minimum absolute atomic E-state index is 0.00685. The predicted molar refractivity (Wildman–Crippen MR) is 130 cm³/mol. The van der Waals surface area contributed by atoms with E-state index in [0.717, 1.165) is 21.7 Å². The quantitative estimate of drug-likeness (QED) is 0.323. The summed E-state index contributed by atoms with van der Waals surface area (Å²) in [6.45, 7) is 0.250. The Labute approximate surface area is 196 Å². The molecule has 2 heterocycles. The van der Waals surface area contributed by atoms with E-state index in [0.29, 0.717) is 17.0 Å². The van der Waals surface area contributed by atoms with Gasteiger partial charge in [-0.15, -0.1) is 11.8 Å². The fourth-order valence-corrected chi connectivity index (χ4v) is 4.18. The zero-order valence-corrected chi connectivity index (χ0v) is 18.6. The Hall–Kier alpha value is -3.49. The van der Waals surface area contributed by atoms with E-state index in [1.807, 2.05) is 48.5 Å². The summed E-state index contributed by atoms with van der Waals surface area (Å²) >= 11 is 1.53. The van der Waals surface area contributed by atoms with Gasteiger partial charge in [0.25, 0.3) is 5.91 Å². The number of hydrogen-bond acceptors (Lipinski definition) is 5. The fourth-order valence-electron chi connectivity index (χ4n) is 3.31. The smallest absolute Gasteiger partial charge is 0.305 e. The van der Waals surface area contributed by atoms with Gasteiger partial charge in [-0.2, -0.15) is 0 Å². The summed E-state index contributed by atoms with van der Waals surface area (Å²) in [6, 6.07) is 22.6. The van der Waals surface area contributed by atoms with Gasteiger partial charge in [-0.25, -0.2) is 9.37 Å². The van der Waals surface area contributed by atoms with Crippen LogP contribution in [0.3, 0.4) is 0 Å². The molecule has 0 unspecified atom stereocenters. The third-order valence-electron chi connectivity index (χ3n) is 5.08. The molecule has 4 aromatic rings. The molecule has 0 bridgehead atoms. The highest BCUT2D eigenvalue weighted by Gasteiger charge is 2.19. The van der Waals surface area contributed by atoms with Gasteiger partial charge in [-0.1, -0.05) is 30.3 Å². The molecule has 0 saturated heterocycles. The molecule has 0 radical (unpaired) electrons. The van der Waals surface area contributed by atoms with Crippen LogP contribution < -0.4 is 10.4 Å². The summed E-state index contributed by atoms with van der Waals surface area (Å²) in [4.78, 5) is 23.7. The van der Waals surface area contributed by atoms with Crippen LogP contribution in [-0.2, 0) is 12.3 Å². The third kappa shape index (κ3) is 5.85. The maximum absolute atomic E-state index is 13.4. The van der Waals surface area contributed by atoms with Crippen LogP contribution in [0.25, 0.3) is 0 Å². The molecule has 0 atom stereocenters. The van der Waals surface area contributed by atoms with Crippen LogP contribution in [0, 0.1) is 5.82 Å². The third-order valence-corrected chi connectivity index (χ3v) is 6.07. The first-order chi connectivity index (χ1) is 16.1. The summed E-state index contributed by atoms with van der Waals surface area (Å²) in [7, 11) is -0.00685. The molecule has 0 aliphatic heterocycles. The molecule has 5 nitrogen and oxygen atoms in total. The van der Waals surface area contributed by atoms with E-state index >= 15 is 0 Å². The maximum atomic E-state index is 13.4. The van der Waals surface area contributed by atoms with Crippen LogP contribution in [0.5, 0.6) is 0 Å². The van der Waals surface area contributed by atoms with Crippen LogP contribution in [-0.4, -0.2) is 28.4 Å². The van der Waals surface area contributed by atoms with Gasteiger partial charge in [0, 0.05) is 23.8 Å². The number of benzene rings is 2. The van der Waals surface area contributed by atoms with Crippen molar-refractivity contribution in [3.05, 3.63) is 114 Å². The van der Waals surface area contributed by atoms with Crippen LogP contribution in [0.15, 0.2) is 96.3 Å². The lowest BCUT2D eigenvalue weighted by atomic mass is 9.85. The van der Waals surface area contributed by atoms with E-state index in [9.17, 15) is 14.2 Å². The number of halogens is 1.